The fourth-order valence-electron chi connectivity index (χ4n) is 9.23. The zero-order valence-corrected chi connectivity index (χ0v) is 25.6. The molecule has 2 saturated carbocycles. The normalized spacial score (nSPS) is 43.2. The van der Waals surface area contributed by atoms with Gasteiger partial charge in [0, 0.05) is 11.8 Å². The predicted octanol–water partition coefficient (Wildman–Crippen LogP) is 5.57. The van der Waals surface area contributed by atoms with E-state index in [-0.39, 0.29) is 41.8 Å². The molecule has 42 heavy (non-hydrogen) atoms. The summed E-state index contributed by atoms with van der Waals surface area (Å²) in [7, 11) is 0. The number of ether oxygens (including phenoxy) is 3. The minimum Gasteiger partial charge on any atom is -0.453 e. The number of aliphatic hydroxyl groups is 2. The molecule has 1 saturated heterocycles. The second kappa shape index (κ2) is 9.88. The molecule has 4 aliphatic carbocycles. The molecule has 0 aromatic rings. The Bertz CT molecular complexity index is 1200. The summed E-state index contributed by atoms with van der Waals surface area (Å²) in [6.45, 7) is 12.9. The topological polar surface area (TPSA) is 102 Å². The van der Waals surface area contributed by atoms with Crippen LogP contribution in [0.5, 0.6) is 0 Å². The fourth-order valence-corrected chi connectivity index (χ4v) is 9.23. The van der Waals surface area contributed by atoms with Gasteiger partial charge in [0.25, 0.3) is 0 Å². The van der Waals surface area contributed by atoms with Crippen molar-refractivity contribution in [1.29, 1.82) is 0 Å². The van der Waals surface area contributed by atoms with Crippen LogP contribution in [0.4, 0.5) is 13.2 Å². The van der Waals surface area contributed by atoms with Crippen molar-refractivity contribution < 1.29 is 47.2 Å². The van der Waals surface area contributed by atoms with Gasteiger partial charge in [0.15, 0.2) is 11.6 Å². The molecule has 0 spiro atoms. The van der Waals surface area contributed by atoms with E-state index in [9.17, 15) is 33.0 Å². The zero-order valence-electron chi connectivity index (χ0n) is 25.6. The first-order valence-corrected chi connectivity index (χ1v) is 15.1. The molecule has 1 heterocycles. The van der Waals surface area contributed by atoms with Crippen molar-refractivity contribution in [1.82, 2.24) is 0 Å². The summed E-state index contributed by atoms with van der Waals surface area (Å²) < 4.78 is 56.4. The van der Waals surface area contributed by atoms with Crippen LogP contribution in [-0.2, 0) is 23.8 Å². The van der Waals surface area contributed by atoms with Crippen molar-refractivity contribution in [2.24, 2.45) is 28.6 Å². The van der Waals surface area contributed by atoms with E-state index in [1.54, 1.807) is 6.08 Å². The Morgan fingerprint density at radius 2 is 1.76 bits per heavy atom. The van der Waals surface area contributed by atoms with Crippen molar-refractivity contribution in [2.75, 3.05) is 0 Å². The fraction of sp³-hybridized carbons (Fsp3) is 0.812. The van der Waals surface area contributed by atoms with Crippen LogP contribution in [0.3, 0.4) is 0 Å². The summed E-state index contributed by atoms with van der Waals surface area (Å²) in [6.07, 6.45) is 0.151. The van der Waals surface area contributed by atoms with E-state index in [4.69, 9.17) is 14.2 Å². The lowest BCUT2D eigenvalue weighted by molar-refractivity contribution is -0.212. The SMILES string of the molecule is CC(C)(CC[C@H]1OC(C)(C)O[C@]1(C)[C@H]1CC=C2C3=CC(=O)[C@@H]4C[C@@H](O)[C@@H](O)C[C@]4(C)[C@H]3CC[C@@]21C)OC(=O)C(F)(F)F. The van der Waals surface area contributed by atoms with Gasteiger partial charge in [0.2, 0.25) is 0 Å². The summed E-state index contributed by atoms with van der Waals surface area (Å²) in [5.74, 6) is -3.40. The molecule has 0 unspecified atom stereocenters. The van der Waals surface area contributed by atoms with Gasteiger partial charge >= 0.3 is 12.1 Å². The number of fused-ring (bicyclic) bond motifs is 5. The summed E-state index contributed by atoms with van der Waals surface area (Å²) in [6, 6.07) is 0. The van der Waals surface area contributed by atoms with Gasteiger partial charge in [-0.15, -0.1) is 0 Å². The van der Waals surface area contributed by atoms with E-state index in [1.807, 2.05) is 20.8 Å². The molecule has 1 aliphatic heterocycles. The molecule has 2 N–H and O–H groups in total. The molecule has 5 rings (SSSR count). The van der Waals surface area contributed by atoms with Gasteiger partial charge in [0.05, 0.1) is 23.9 Å². The molecule has 0 bridgehead atoms. The first kappa shape index (κ1) is 31.7. The lowest BCUT2D eigenvalue weighted by Gasteiger charge is -2.57. The number of carbonyl (C=O) groups excluding carboxylic acids is 2. The molecule has 3 fully saturated rings. The third-order valence-corrected chi connectivity index (χ3v) is 11.2. The molecule has 0 amide bonds. The Balaban J connectivity index is 1.40. The first-order valence-electron chi connectivity index (χ1n) is 15.1. The van der Waals surface area contributed by atoms with Crippen LogP contribution in [0.1, 0.15) is 93.4 Å². The second-order valence-electron chi connectivity index (χ2n) is 15.0. The second-order valence-corrected chi connectivity index (χ2v) is 15.0. The van der Waals surface area contributed by atoms with Gasteiger partial charge in [-0.05, 0) is 114 Å². The minimum atomic E-state index is -5.07. The molecule has 236 valence electrons. The van der Waals surface area contributed by atoms with Gasteiger partial charge in [0.1, 0.15) is 5.60 Å². The molecule has 0 aromatic heterocycles. The highest BCUT2D eigenvalue weighted by atomic mass is 19.4. The van der Waals surface area contributed by atoms with E-state index in [1.165, 1.54) is 13.8 Å². The summed E-state index contributed by atoms with van der Waals surface area (Å²) in [4.78, 5) is 25.0. The minimum absolute atomic E-state index is 0.00427. The Kier molecular flexibility index (Phi) is 7.45. The number of alkyl halides is 3. The van der Waals surface area contributed by atoms with Gasteiger partial charge < -0.3 is 24.4 Å². The summed E-state index contributed by atoms with van der Waals surface area (Å²) >= 11 is 0. The Morgan fingerprint density at radius 3 is 2.40 bits per heavy atom. The van der Waals surface area contributed by atoms with Crippen LogP contribution in [-0.4, -0.2) is 63.4 Å². The molecular formula is C32H45F3O7. The van der Waals surface area contributed by atoms with Crippen LogP contribution in [0.15, 0.2) is 23.3 Å². The maximum atomic E-state index is 13.4. The number of aliphatic hydroxyl groups excluding tert-OH is 2. The average Bonchev–Trinajstić information content (AvgIpc) is 3.32. The average molecular weight is 599 g/mol. The van der Waals surface area contributed by atoms with Crippen molar-refractivity contribution >= 4 is 11.8 Å². The van der Waals surface area contributed by atoms with E-state index in [2.05, 4.69) is 19.9 Å². The van der Waals surface area contributed by atoms with E-state index >= 15 is 0 Å². The molecule has 10 heteroatoms. The van der Waals surface area contributed by atoms with Gasteiger partial charge in [-0.25, -0.2) is 4.79 Å². The summed E-state index contributed by atoms with van der Waals surface area (Å²) in [5.41, 5.74) is -0.789. The van der Waals surface area contributed by atoms with Crippen LogP contribution in [0.2, 0.25) is 0 Å². The molecular weight excluding hydrogens is 553 g/mol. The highest BCUT2D eigenvalue weighted by Gasteiger charge is 2.64. The molecule has 0 aromatic carbocycles. The highest BCUT2D eigenvalue weighted by Crippen LogP contribution is 2.66. The Hall–Kier alpha value is -1.75. The maximum absolute atomic E-state index is 13.4. The quantitative estimate of drug-likeness (QED) is 0.399. The van der Waals surface area contributed by atoms with Crippen LogP contribution >= 0.6 is 0 Å². The van der Waals surface area contributed by atoms with Gasteiger partial charge in [-0.2, -0.15) is 13.2 Å². The number of rotatable bonds is 5. The zero-order chi connectivity index (χ0) is 31.3. The largest absolute Gasteiger partial charge is 0.490 e. The third kappa shape index (κ3) is 5.08. The van der Waals surface area contributed by atoms with Crippen LogP contribution in [0.25, 0.3) is 0 Å². The number of halogens is 3. The van der Waals surface area contributed by atoms with Crippen LogP contribution in [0, 0.1) is 28.6 Å². The molecule has 9 atom stereocenters. The number of carbonyl (C=O) groups is 2. The van der Waals surface area contributed by atoms with Crippen molar-refractivity contribution in [3.63, 3.8) is 0 Å². The third-order valence-electron chi connectivity index (χ3n) is 11.2. The Labute approximate surface area is 245 Å². The summed E-state index contributed by atoms with van der Waals surface area (Å²) in [5, 5.41) is 20.9. The number of allylic oxidation sites excluding steroid dienone is 4. The van der Waals surface area contributed by atoms with Crippen LogP contribution < -0.4 is 0 Å². The predicted molar refractivity (Wildman–Crippen MR) is 147 cm³/mol. The van der Waals surface area contributed by atoms with Gasteiger partial charge in [-0.1, -0.05) is 19.9 Å². The number of hydrogen-bond acceptors (Lipinski definition) is 7. The van der Waals surface area contributed by atoms with Crippen molar-refractivity contribution in [3.8, 4) is 0 Å². The van der Waals surface area contributed by atoms with E-state index in [0.29, 0.717) is 19.3 Å². The maximum Gasteiger partial charge on any atom is 0.490 e. The first-order chi connectivity index (χ1) is 19.1. The number of esters is 1. The van der Waals surface area contributed by atoms with Crippen molar-refractivity contribution in [3.05, 3.63) is 23.3 Å². The van der Waals surface area contributed by atoms with E-state index < -0.39 is 52.9 Å². The monoisotopic (exact) mass is 598 g/mol. The highest BCUT2D eigenvalue weighted by molar-refractivity contribution is 5.95. The lowest BCUT2D eigenvalue weighted by atomic mass is 9.48. The van der Waals surface area contributed by atoms with E-state index in [0.717, 1.165) is 24.0 Å². The standard InChI is InChI=1S/C32H45F3O7/c1-27(2,41-26(39)32(33,34)35)12-11-25-31(7,42-28(3,4)40-25)24-9-8-18-17-14-21(36)20-15-22(37)23(38)16-30(20,6)19(17)10-13-29(18,24)5/h8,14,19-20,22-25,37-38H,9-13,15-16H2,1-7H3/t19-,20-,22+,23-,24-,25+,29-,30+,31+/m0/s1. The Morgan fingerprint density at radius 1 is 1.10 bits per heavy atom. The molecule has 5 aliphatic rings. The van der Waals surface area contributed by atoms with Crippen molar-refractivity contribution in [2.45, 2.75) is 135 Å². The van der Waals surface area contributed by atoms with Gasteiger partial charge in [-0.3, -0.25) is 4.79 Å². The molecule has 7 nitrogen and oxygen atoms in total. The number of hydrogen-bond donors (Lipinski definition) is 2. The molecule has 0 radical (unpaired) electrons. The smallest absolute Gasteiger partial charge is 0.453 e. The number of ketones is 1. The lowest BCUT2D eigenvalue weighted by Crippen LogP contribution is -2.56.